The first-order valence-corrected chi connectivity index (χ1v) is 15.1. The second-order valence-electron chi connectivity index (χ2n) is 13.4. The molecule has 2 aliphatic carbocycles. The molecule has 4 aromatic rings. The Morgan fingerprint density at radius 2 is 0.976 bits per heavy atom. The molecule has 0 spiro atoms. The highest BCUT2D eigenvalue weighted by molar-refractivity contribution is 5.63. The van der Waals surface area contributed by atoms with Gasteiger partial charge in [-0.15, -0.1) is 0 Å². The number of nitrogens with zero attached hydrogens (tertiary/aromatic N) is 2. The Labute approximate surface area is 243 Å². The van der Waals surface area contributed by atoms with Gasteiger partial charge in [0.15, 0.2) is 0 Å². The first-order valence-electron chi connectivity index (χ1n) is 15.1. The fraction of sp³-hybridized carbons (Fsp3) is 0.405. The fourth-order valence-corrected chi connectivity index (χ4v) is 7.01. The van der Waals surface area contributed by atoms with Crippen LogP contribution in [0, 0.1) is 11.6 Å². The lowest BCUT2D eigenvalue weighted by Crippen LogP contribution is -2.27. The molecule has 2 aromatic heterocycles. The summed E-state index contributed by atoms with van der Waals surface area (Å²) in [5.74, 6) is -0.525. The van der Waals surface area contributed by atoms with Crippen LogP contribution in [0.15, 0.2) is 72.8 Å². The molecule has 0 atom stereocenters. The Morgan fingerprint density at radius 3 is 1.34 bits per heavy atom. The summed E-state index contributed by atoms with van der Waals surface area (Å²) in [6.45, 7) is 9.07. The van der Waals surface area contributed by atoms with Gasteiger partial charge in [-0.25, -0.2) is 8.78 Å². The van der Waals surface area contributed by atoms with Gasteiger partial charge in [-0.1, -0.05) is 63.8 Å². The highest BCUT2D eigenvalue weighted by atomic mass is 19.1. The van der Waals surface area contributed by atoms with Gasteiger partial charge < -0.3 is 0 Å². The summed E-state index contributed by atoms with van der Waals surface area (Å²) in [6, 6.07) is 22.3. The van der Waals surface area contributed by atoms with Crippen LogP contribution < -0.4 is 0 Å². The zero-order valence-corrected chi connectivity index (χ0v) is 24.7. The van der Waals surface area contributed by atoms with Gasteiger partial charge in [0.2, 0.25) is 0 Å². The van der Waals surface area contributed by atoms with Gasteiger partial charge in [-0.05, 0) is 110 Å². The molecule has 0 radical (unpaired) electrons. The zero-order chi connectivity index (χ0) is 28.8. The molecule has 0 aliphatic heterocycles. The van der Waals surface area contributed by atoms with E-state index in [-0.39, 0.29) is 22.5 Å². The summed E-state index contributed by atoms with van der Waals surface area (Å²) < 4.78 is 28.7. The van der Waals surface area contributed by atoms with E-state index in [9.17, 15) is 8.78 Å². The monoisotopic (exact) mass is 550 g/mol. The summed E-state index contributed by atoms with van der Waals surface area (Å²) in [5, 5.41) is 0. The van der Waals surface area contributed by atoms with Crippen LogP contribution in [0.5, 0.6) is 0 Å². The molecule has 212 valence electrons. The lowest BCUT2D eigenvalue weighted by molar-refractivity contribution is 0.483. The summed E-state index contributed by atoms with van der Waals surface area (Å²) in [5.41, 5.74) is 7.11. The third-order valence-corrected chi connectivity index (χ3v) is 9.98. The van der Waals surface area contributed by atoms with Crippen molar-refractivity contribution < 1.29 is 8.78 Å². The van der Waals surface area contributed by atoms with E-state index in [1.165, 1.54) is 48.9 Å². The molecule has 2 heterocycles. The second kappa shape index (κ2) is 10.5. The molecule has 0 unspecified atom stereocenters. The third-order valence-electron chi connectivity index (χ3n) is 9.98. The molecule has 0 saturated heterocycles. The van der Waals surface area contributed by atoms with Gasteiger partial charge in [0.1, 0.15) is 11.6 Å². The van der Waals surface area contributed by atoms with Crippen molar-refractivity contribution >= 4 is 0 Å². The van der Waals surface area contributed by atoms with E-state index in [0.717, 1.165) is 59.6 Å². The molecule has 4 heteroatoms. The fourth-order valence-electron chi connectivity index (χ4n) is 7.01. The maximum absolute atomic E-state index is 14.3. The van der Waals surface area contributed by atoms with Crippen molar-refractivity contribution in [3.05, 3.63) is 107 Å². The van der Waals surface area contributed by atoms with Crippen LogP contribution in [0.4, 0.5) is 8.78 Å². The SMILES string of the molecule is CC1(c2cc(-c3cccc(F)c3)nc(C(C)(C)c3cc(C4(C)CCCC4)cc(-c4cccc(F)c4)n3)c2)CCCC1. The second-order valence-corrected chi connectivity index (χ2v) is 13.4. The van der Waals surface area contributed by atoms with E-state index in [1.54, 1.807) is 24.3 Å². The third kappa shape index (κ3) is 5.34. The highest BCUT2D eigenvalue weighted by Gasteiger charge is 2.36. The molecule has 0 N–H and O–H groups in total. The van der Waals surface area contributed by atoms with E-state index < -0.39 is 5.41 Å². The molecular weight excluding hydrogens is 510 g/mol. The summed E-state index contributed by atoms with van der Waals surface area (Å²) in [4.78, 5) is 10.4. The quantitative estimate of drug-likeness (QED) is 0.239. The van der Waals surface area contributed by atoms with Crippen LogP contribution >= 0.6 is 0 Å². The molecular formula is C37H40F2N2. The Bertz CT molecular complexity index is 1460. The summed E-state index contributed by atoms with van der Waals surface area (Å²) >= 11 is 0. The summed E-state index contributed by atoms with van der Waals surface area (Å²) in [7, 11) is 0. The highest BCUT2D eigenvalue weighted by Crippen LogP contribution is 2.45. The van der Waals surface area contributed by atoms with Gasteiger partial charge in [0.25, 0.3) is 0 Å². The van der Waals surface area contributed by atoms with Crippen LogP contribution in [-0.4, -0.2) is 9.97 Å². The van der Waals surface area contributed by atoms with Crippen LogP contribution in [-0.2, 0) is 16.2 Å². The number of pyridine rings is 2. The normalized spacial score (nSPS) is 18.1. The predicted molar refractivity (Wildman–Crippen MR) is 163 cm³/mol. The molecule has 2 nitrogen and oxygen atoms in total. The van der Waals surface area contributed by atoms with E-state index in [1.807, 2.05) is 12.1 Å². The van der Waals surface area contributed by atoms with Gasteiger partial charge in [0.05, 0.1) is 22.8 Å². The van der Waals surface area contributed by atoms with Gasteiger partial charge in [-0.3, -0.25) is 9.97 Å². The van der Waals surface area contributed by atoms with Gasteiger partial charge >= 0.3 is 0 Å². The Hall–Kier alpha value is -3.40. The molecule has 0 amide bonds. The zero-order valence-electron chi connectivity index (χ0n) is 24.7. The van der Waals surface area contributed by atoms with Gasteiger partial charge in [-0.2, -0.15) is 0 Å². The molecule has 2 saturated carbocycles. The maximum atomic E-state index is 14.3. The number of halogens is 2. The van der Waals surface area contributed by atoms with E-state index in [2.05, 4.69) is 52.0 Å². The molecule has 6 rings (SSSR count). The van der Waals surface area contributed by atoms with Gasteiger partial charge in [0, 0.05) is 16.5 Å². The van der Waals surface area contributed by atoms with Crippen molar-refractivity contribution in [2.24, 2.45) is 0 Å². The molecule has 2 fully saturated rings. The van der Waals surface area contributed by atoms with Crippen molar-refractivity contribution in [2.45, 2.75) is 95.3 Å². The Balaban J connectivity index is 1.54. The minimum absolute atomic E-state index is 0.0647. The van der Waals surface area contributed by atoms with Crippen molar-refractivity contribution in [1.82, 2.24) is 9.97 Å². The average Bonchev–Trinajstić information content (AvgIpc) is 3.62. The maximum Gasteiger partial charge on any atom is 0.123 e. The Morgan fingerprint density at radius 1 is 0.585 bits per heavy atom. The number of aromatic nitrogens is 2. The van der Waals surface area contributed by atoms with Crippen molar-refractivity contribution in [2.75, 3.05) is 0 Å². The number of hydrogen-bond acceptors (Lipinski definition) is 2. The van der Waals surface area contributed by atoms with Crippen LogP contribution in [0.25, 0.3) is 22.5 Å². The number of benzene rings is 2. The van der Waals surface area contributed by atoms with E-state index >= 15 is 0 Å². The van der Waals surface area contributed by atoms with E-state index in [4.69, 9.17) is 9.97 Å². The topological polar surface area (TPSA) is 25.8 Å². The number of rotatable bonds is 6. The molecule has 41 heavy (non-hydrogen) atoms. The first-order chi connectivity index (χ1) is 19.6. The van der Waals surface area contributed by atoms with Crippen LogP contribution in [0.2, 0.25) is 0 Å². The van der Waals surface area contributed by atoms with Crippen molar-refractivity contribution in [3.8, 4) is 22.5 Å². The molecule has 0 bridgehead atoms. The standard InChI is InChI=1S/C37H40F2N2/c1-35(2,33-23-27(36(3)15-5-6-16-36)21-31(40-33)25-11-9-13-29(38)19-25)34-24-28(37(4)17-7-8-18-37)22-32(41-34)26-12-10-14-30(39)20-26/h9-14,19-24H,5-8,15-18H2,1-4H3. The largest absolute Gasteiger partial charge is 0.252 e. The van der Waals surface area contributed by atoms with Crippen molar-refractivity contribution in [3.63, 3.8) is 0 Å². The minimum atomic E-state index is -0.542. The summed E-state index contributed by atoms with van der Waals surface area (Å²) in [6.07, 6.45) is 9.39. The molecule has 2 aliphatic rings. The van der Waals surface area contributed by atoms with Crippen molar-refractivity contribution in [1.29, 1.82) is 0 Å². The predicted octanol–water partition coefficient (Wildman–Crippen LogP) is 10.1. The first kappa shape index (κ1) is 27.8. The van der Waals surface area contributed by atoms with E-state index in [0.29, 0.717) is 0 Å². The Kier molecular flexibility index (Phi) is 7.08. The average molecular weight is 551 g/mol. The lowest BCUT2D eigenvalue weighted by atomic mass is 9.75. The number of hydrogen-bond donors (Lipinski definition) is 0. The molecule has 2 aromatic carbocycles. The minimum Gasteiger partial charge on any atom is -0.252 e. The lowest BCUT2D eigenvalue weighted by Gasteiger charge is -2.32. The van der Waals surface area contributed by atoms with Crippen LogP contribution in [0.3, 0.4) is 0 Å². The van der Waals surface area contributed by atoms with Crippen LogP contribution in [0.1, 0.15) is 102 Å². The smallest absolute Gasteiger partial charge is 0.123 e.